The molecule has 0 radical (unpaired) electrons. The molecular formula is C19H19ClO5S. The van der Waals surface area contributed by atoms with Gasteiger partial charge in [-0.3, -0.25) is 4.18 Å². The Labute approximate surface area is 158 Å². The number of hydrogen-bond donors (Lipinski definition) is 0. The molecule has 0 unspecified atom stereocenters. The lowest BCUT2D eigenvalue weighted by Gasteiger charge is -2.27. The standard InChI is InChI=1S/C19H19ClO5S/c1-3-4-14-9-15(20)10-18-19(14)25-16(11-23-18)12-24-26(21,22)17-7-5-13(2)6-8-17/h3-10,16H,11-12H2,1-2H3/b4-3-/t16-/m1/s1. The van der Waals surface area contributed by atoms with Crippen molar-refractivity contribution in [1.82, 2.24) is 0 Å². The zero-order valence-electron chi connectivity index (χ0n) is 14.4. The SMILES string of the molecule is C/C=C\c1cc(Cl)cc2c1O[C@@H](COS(=O)(=O)c1ccc(C)cc1)CO2. The second kappa shape index (κ2) is 7.70. The molecule has 1 aliphatic rings. The highest BCUT2D eigenvalue weighted by Gasteiger charge is 2.26. The Morgan fingerprint density at radius 1 is 1.27 bits per heavy atom. The number of hydrogen-bond acceptors (Lipinski definition) is 5. The van der Waals surface area contributed by atoms with E-state index in [1.807, 2.05) is 26.0 Å². The highest BCUT2D eigenvalue weighted by molar-refractivity contribution is 7.86. The van der Waals surface area contributed by atoms with Crippen molar-refractivity contribution in [3.05, 3.63) is 58.6 Å². The number of halogens is 1. The van der Waals surface area contributed by atoms with Crippen molar-refractivity contribution >= 4 is 27.8 Å². The number of aryl methyl sites for hydroxylation is 1. The summed E-state index contributed by atoms with van der Waals surface area (Å²) in [5.74, 6) is 1.06. The molecule has 0 aromatic heterocycles. The molecule has 0 saturated heterocycles. The van der Waals surface area contributed by atoms with E-state index in [1.54, 1.807) is 24.3 Å². The molecule has 0 aliphatic carbocycles. The zero-order chi connectivity index (χ0) is 18.7. The quantitative estimate of drug-likeness (QED) is 0.710. The third-order valence-electron chi connectivity index (χ3n) is 3.82. The molecule has 0 bridgehead atoms. The van der Waals surface area contributed by atoms with Crippen LogP contribution < -0.4 is 9.47 Å². The van der Waals surface area contributed by atoms with Gasteiger partial charge in [-0.05, 0) is 32.0 Å². The van der Waals surface area contributed by atoms with Crippen LogP contribution in [0.25, 0.3) is 6.08 Å². The largest absolute Gasteiger partial charge is 0.486 e. The lowest BCUT2D eigenvalue weighted by atomic mass is 10.1. The molecule has 1 atom stereocenters. The topological polar surface area (TPSA) is 61.8 Å². The number of ether oxygens (including phenoxy) is 2. The van der Waals surface area contributed by atoms with E-state index in [2.05, 4.69) is 0 Å². The maximum atomic E-state index is 12.3. The maximum Gasteiger partial charge on any atom is 0.297 e. The van der Waals surface area contributed by atoms with Crippen LogP contribution in [0.2, 0.25) is 5.02 Å². The van der Waals surface area contributed by atoms with E-state index in [9.17, 15) is 8.42 Å². The second-order valence-electron chi connectivity index (χ2n) is 5.92. The van der Waals surface area contributed by atoms with Crippen LogP contribution in [0.4, 0.5) is 0 Å². The molecule has 0 N–H and O–H groups in total. The molecule has 2 aromatic rings. The molecule has 3 rings (SSSR count). The van der Waals surface area contributed by atoms with Gasteiger partial charge in [0.2, 0.25) is 0 Å². The average Bonchev–Trinajstić information content (AvgIpc) is 2.61. The second-order valence-corrected chi connectivity index (χ2v) is 7.98. The van der Waals surface area contributed by atoms with Crippen molar-refractivity contribution in [2.24, 2.45) is 0 Å². The van der Waals surface area contributed by atoms with Gasteiger partial charge in [0.25, 0.3) is 10.1 Å². The van der Waals surface area contributed by atoms with Crippen molar-refractivity contribution in [1.29, 1.82) is 0 Å². The minimum absolute atomic E-state index is 0.113. The first-order chi connectivity index (χ1) is 12.4. The summed E-state index contributed by atoms with van der Waals surface area (Å²) >= 11 is 6.08. The van der Waals surface area contributed by atoms with E-state index in [4.69, 9.17) is 25.3 Å². The Balaban J connectivity index is 1.72. The Morgan fingerprint density at radius 2 is 2.00 bits per heavy atom. The van der Waals surface area contributed by atoms with Crippen molar-refractivity contribution in [2.75, 3.05) is 13.2 Å². The van der Waals surface area contributed by atoms with E-state index in [0.29, 0.717) is 16.5 Å². The van der Waals surface area contributed by atoms with Gasteiger partial charge in [-0.15, -0.1) is 0 Å². The number of allylic oxidation sites excluding steroid dienone is 1. The summed E-state index contributed by atoms with van der Waals surface area (Å²) in [5, 5.41) is 0.539. The minimum atomic E-state index is -3.85. The molecule has 138 valence electrons. The molecule has 1 aliphatic heterocycles. The highest BCUT2D eigenvalue weighted by atomic mass is 35.5. The third kappa shape index (κ3) is 4.20. The minimum Gasteiger partial charge on any atom is -0.486 e. The van der Waals surface area contributed by atoms with E-state index in [-0.39, 0.29) is 18.1 Å². The Hall–Kier alpha value is -2.02. The van der Waals surface area contributed by atoms with Gasteiger partial charge >= 0.3 is 0 Å². The lowest BCUT2D eigenvalue weighted by Crippen LogP contribution is -2.34. The molecule has 1 heterocycles. The van der Waals surface area contributed by atoms with Crippen LogP contribution >= 0.6 is 11.6 Å². The Kier molecular flexibility index (Phi) is 5.55. The van der Waals surface area contributed by atoms with Gasteiger partial charge in [0, 0.05) is 16.7 Å². The first-order valence-electron chi connectivity index (χ1n) is 8.11. The normalized spacial score (nSPS) is 16.8. The van der Waals surface area contributed by atoms with Crippen LogP contribution in [0.15, 0.2) is 47.4 Å². The molecule has 2 aromatic carbocycles. The summed E-state index contributed by atoms with van der Waals surface area (Å²) in [6.07, 6.45) is 3.16. The predicted molar refractivity (Wildman–Crippen MR) is 100 cm³/mol. The Bertz CT molecular complexity index is 920. The molecule has 26 heavy (non-hydrogen) atoms. The lowest BCUT2D eigenvalue weighted by molar-refractivity contribution is 0.0553. The number of benzene rings is 2. The fraction of sp³-hybridized carbons (Fsp3) is 0.263. The van der Waals surface area contributed by atoms with Crippen LogP contribution in [0.5, 0.6) is 11.5 Å². The van der Waals surface area contributed by atoms with Crippen LogP contribution in [-0.2, 0) is 14.3 Å². The van der Waals surface area contributed by atoms with Crippen molar-refractivity contribution in [2.45, 2.75) is 24.8 Å². The van der Waals surface area contributed by atoms with Gasteiger partial charge in [0.05, 0.1) is 4.90 Å². The summed E-state index contributed by atoms with van der Waals surface area (Å²) in [5.41, 5.74) is 1.74. The fourth-order valence-electron chi connectivity index (χ4n) is 2.53. The molecule has 7 heteroatoms. The van der Waals surface area contributed by atoms with Gasteiger partial charge in [0.15, 0.2) is 17.6 Å². The van der Waals surface area contributed by atoms with Crippen LogP contribution in [0.3, 0.4) is 0 Å². The highest BCUT2D eigenvalue weighted by Crippen LogP contribution is 2.39. The van der Waals surface area contributed by atoms with Gasteiger partial charge in [-0.25, -0.2) is 0 Å². The predicted octanol–water partition coefficient (Wildman–Crippen LogP) is 4.23. The summed E-state index contributed by atoms with van der Waals surface area (Å²) in [7, 11) is -3.85. The van der Waals surface area contributed by atoms with Gasteiger partial charge < -0.3 is 9.47 Å². The molecular weight excluding hydrogens is 376 g/mol. The summed E-state index contributed by atoms with van der Waals surface area (Å²) in [6, 6.07) is 9.91. The van der Waals surface area contributed by atoms with Crippen LogP contribution in [0.1, 0.15) is 18.1 Å². The monoisotopic (exact) mass is 394 g/mol. The first kappa shape index (κ1) is 18.8. The van der Waals surface area contributed by atoms with Gasteiger partial charge in [-0.2, -0.15) is 8.42 Å². The average molecular weight is 395 g/mol. The van der Waals surface area contributed by atoms with E-state index >= 15 is 0 Å². The summed E-state index contributed by atoms with van der Waals surface area (Å²) in [6.45, 7) is 3.79. The van der Waals surface area contributed by atoms with Crippen LogP contribution in [-0.4, -0.2) is 27.7 Å². The third-order valence-corrected chi connectivity index (χ3v) is 5.34. The number of fused-ring (bicyclic) bond motifs is 1. The fourth-order valence-corrected chi connectivity index (χ4v) is 3.68. The zero-order valence-corrected chi connectivity index (χ0v) is 16.0. The van der Waals surface area contributed by atoms with E-state index in [1.165, 1.54) is 12.1 Å². The van der Waals surface area contributed by atoms with Gasteiger partial charge in [-0.1, -0.05) is 41.4 Å². The molecule has 0 fully saturated rings. The van der Waals surface area contributed by atoms with Gasteiger partial charge in [0.1, 0.15) is 13.2 Å². The molecule has 5 nitrogen and oxygen atoms in total. The Morgan fingerprint density at radius 3 is 2.69 bits per heavy atom. The maximum absolute atomic E-state index is 12.3. The summed E-state index contributed by atoms with van der Waals surface area (Å²) in [4.78, 5) is 0.113. The van der Waals surface area contributed by atoms with Crippen molar-refractivity contribution in [3.63, 3.8) is 0 Å². The first-order valence-corrected chi connectivity index (χ1v) is 9.89. The smallest absolute Gasteiger partial charge is 0.297 e. The molecule has 0 amide bonds. The molecule has 0 saturated carbocycles. The van der Waals surface area contributed by atoms with Crippen molar-refractivity contribution in [3.8, 4) is 11.5 Å². The number of rotatable bonds is 5. The summed E-state index contributed by atoms with van der Waals surface area (Å²) < 4.78 is 41.3. The van der Waals surface area contributed by atoms with E-state index < -0.39 is 16.2 Å². The van der Waals surface area contributed by atoms with Crippen molar-refractivity contribution < 1.29 is 22.1 Å². The molecule has 0 spiro atoms. The van der Waals surface area contributed by atoms with Crippen LogP contribution in [0, 0.1) is 6.92 Å². The van der Waals surface area contributed by atoms with E-state index in [0.717, 1.165) is 11.1 Å².